The summed E-state index contributed by atoms with van der Waals surface area (Å²) in [6, 6.07) is 4.35. The molecule has 0 fully saturated rings. The minimum atomic E-state index is -4.51. The largest absolute Gasteiger partial charge is 0.416 e. The minimum absolute atomic E-state index is 0.0391. The molecule has 0 aliphatic rings. The van der Waals surface area contributed by atoms with Crippen molar-refractivity contribution in [2.75, 3.05) is 0 Å². The Labute approximate surface area is 117 Å². The second kappa shape index (κ2) is 5.16. The molecule has 2 rings (SSSR count). The van der Waals surface area contributed by atoms with Crippen LogP contribution in [0.25, 0.3) is 5.69 Å². The second-order valence-electron chi connectivity index (χ2n) is 4.49. The Morgan fingerprint density at radius 1 is 1.29 bits per heavy atom. The van der Waals surface area contributed by atoms with E-state index in [4.69, 9.17) is 0 Å². The zero-order valence-electron chi connectivity index (χ0n) is 11.2. The van der Waals surface area contributed by atoms with Crippen LogP contribution < -0.4 is 5.56 Å². The van der Waals surface area contributed by atoms with Gasteiger partial charge in [0.2, 0.25) is 0 Å². The average Bonchev–Trinajstić information content (AvgIpc) is 2.37. The monoisotopic (exact) mass is 296 g/mol. The molecule has 0 atom stereocenters. The molecule has 110 valence electrons. The molecular formula is C14H11F3N2O2. The van der Waals surface area contributed by atoms with Crippen LogP contribution in [0.1, 0.15) is 28.7 Å². The van der Waals surface area contributed by atoms with Crippen molar-refractivity contribution in [1.82, 2.24) is 9.55 Å². The third kappa shape index (κ3) is 2.86. The Balaban J connectivity index is 2.71. The maximum Gasteiger partial charge on any atom is 0.416 e. The van der Waals surface area contributed by atoms with Crippen molar-refractivity contribution in [1.29, 1.82) is 0 Å². The first-order valence-electron chi connectivity index (χ1n) is 5.99. The lowest BCUT2D eigenvalue weighted by Gasteiger charge is -2.13. The van der Waals surface area contributed by atoms with E-state index in [1.807, 2.05) is 0 Å². The summed E-state index contributed by atoms with van der Waals surface area (Å²) in [6.45, 7) is 2.70. The van der Waals surface area contributed by atoms with Gasteiger partial charge in [0.15, 0.2) is 11.5 Å². The van der Waals surface area contributed by atoms with Gasteiger partial charge >= 0.3 is 6.18 Å². The van der Waals surface area contributed by atoms with Gasteiger partial charge in [-0.2, -0.15) is 13.2 Å². The Hall–Kier alpha value is -2.44. The molecule has 2 aromatic rings. The molecule has 0 aliphatic heterocycles. The second-order valence-corrected chi connectivity index (χ2v) is 4.49. The Morgan fingerprint density at radius 3 is 2.52 bits per heavy atom. The highest BCUT2D eigenvalue weighted by molar-refractivity contribution is 5.91. The van der Waals surface area contributed by atoms with E-state index in [9.17, 15) is 22.8 Å². The molecule has 0 radical (unpaired) electrons. The van der Waals surface area contributed by atoms with Crippen LogP contribution in [-0.2, 0) is 6.18 Å². The molecule has 0 amide bonds. The maximum absolute atomic E-state index is 12.7. The molecule has 4 nitrogen and oxygen atoms in total. The third-order valence-electron chi connectivity index (χ3n) is 2.90. The van der Waals surface area contributed by atoms with Gasteiger partial charge in [0.1, 0.15) is 0 Å². The number of aryl methyl sites for hydroxylation is 1. The molecule has 0 saturated carbocycles. The number of Topliss-reactive ketones (excluding diaryl/α,β-unsaturated/α-hetero) is 1. The van der Waals surface area contributed by atoms with Gasteiger partial charge in [0, 0.05) is 24.5 Å². The van der Waals surface area contributed by atoms with E-state index >= 15 is 0 Å². The number of halogens is 3. The number of carbonyl (C=O) groups is 1. The SMILES string of the molecule is CC(=O)c1ncc(C)n(-c2cccc(C(F)(F)F)c2)c1=O. The van der Waals surface area contributed by atoms with Crippen LogP contribution in [0.15, 0.2) is 35.3 Å². The topological polar surface area (TPSA) is 52.0 Å². The van der Waals surface area contributed by atoms with Crippen LogP contribution in [-0.4, -0.2) is 15.3 Å². The number of alkyl halides is 3. The number of ketones is 1. The van der Waals surface area contributed by atoms with Gasteiger partial charge in [-0.3, -0.25) is 14.2 Å². The number of aromatic nitrogens is 2. The van der Waals surface area contributed by atoms with Crippen molar-refractivity contribution in [3.63, 3.8) is 0 Å². The van der Waals surface area contributed by atoms with Crippen molar-refractivity contribution in [2.45, 2.75) is 20.0 Å². The number of benzene rings is 1. The van der Waals surface area contributed by atoms with E-state index in [0.29, 0.717) is 5.69 Å². The summed E-state index contributed by atoms with van der Waals surface area (Å²) in [5, 5.41) is 0. The minimum Gasteiger partial charge on any atom is -0.293 e. The molecule has 7 heteroatoms. The van der Waals surface area contributed by atoms with Crippen LogP contribution in [0.2, 0.25) is 0 Å². The first kappa shape index (κ1) is 15.0. The Kier molecular flexibility index (Phi) is 3.67. The van der Waals surface area contributed by atoms with Gasteiger partial charge in [-0.1, -0.05) is 6.07 Å². The highest BCUT2D eigenvalue weighted by Crippen LogP contribution is 2.30. The summed E-state index contributed by atoms with van der Waals surface area (Å²) in [5.74, 6) is -0.541. The van der Waals surface area contributed by atoms with Crippen LogP contribution in [0.5, 0.6) is 0 Å². The number of hydrogen-bond acceptors (Lipinski definition) is 3. The predicted octanol–water partition coefficient (Wildman–Crippen LogP) is 2.76. The summed E-state index contributed by atoms with van der Waals surface area (Å²) in [5.41, 5.74) is -1.53. The zero-order valence-corrected chi connectivity index (χ0v) is 11.2. The van der Waals surface area contributed by atoms with Gasteiger partial charge in [0.05, 0.1) is 5.56 Å². The van der Waals surface area contributed by atoms with Crippen molar-refractivity contribution < 1.29 is 18.0 Å². The molecule has 0 spiro atoms. The van der Waals surface area contributed by atoms with Gasteiger partial charge in [-0.05, 0) is 25.1 Å². The lowest BCUT2D eigenvalue weighted by molar-refractivity contribution is -0.137. The maximum atomic E-state index is 12.7. The van der Waals surface area contributed by atoms with Gasteiger partial charge in [-0.25, -0.2) is 4.98 Å². The number of carbonyl (C=O) groups excluding carboxylic acids is 1. The van der Waals surface area contributed by atoms with E-state index in [0.717, 1.165) is 16.7 Å². The fourth-order valence-electron chi connectivity index (χ4n) is 1.92. The van der Waals surface area contributed by atoms with Crippen LogP contribution >= 0.6 is 0 Å². The van der Waals surface area contributed by atoms with E-state index in [2.05, 4.69) is 4.98 Å². The lowest BCUT2D eigenvalue weighted by atomic mass is 10.2. The fraction of sp³-hybridized carbons (Fsp3) is 0.214. The first-order valence-corrected chi connectivity index (χ1v) is 5.99. The lowest BCUT2D eigenvalue weighted by Crippen LogP contribution is -2.27. The fourth-order valence-corrected chi connectivity index (χ4v) is 1.92. The van der Waals surface area contributed by atoms with E-state index < -0.39 is 23.1 Å². The number of rotatable bonds is 2. The zero-order chi connectivity index (χ0) is 15.8. The molecular weight excluding hydrogens is 285 g/mol. The number of nitrogens with zero attached hydrogens (tertiary/aromatic N) is 2. The number of hydrogen-bond donors (Lipinski definition) is 0. The average molecular weight is 296 g/mol. The summed E-state index contributed by atoms with van der Waals surface area (Å²) < 4.78 is 39.3. The Morgan fingerprint density at radius 2 is 1.95 bits per heavy atom. The van der Waals surface area contributed by atoms with Crippen molar-refractivity contribution in [2.24, 2.45) is 0 Å². The van der Waals surface area contributed by atoms with E-state index in [-0.39, 0.29) is 11.4 Å². The highest BCUT2D eigenvalue weighted by Gasteiger charge is 2.30. The highest BCUT2D eigenvalue weighted by atomic mass is 19.4. The molecule has 0 aliphatic carbocycles. The molecule has 1 heterocycles. The smallest absolute Gasteiger partial charge is 0.293 e. The molecule has 0 unspecified atom stereocenters. The molecule has 1 aromatic heterocycles. The summed E-state index contributed by atoms with van der Waals surface area (Å²) in [7, 11) is 0. The van der Waals surface area contributed by atoms with Crippen LogP contribution in [0, 0.1) is 6.92 Å². The van der Waals surface area contributed by atoms with Gasteiger partial charge in [0.25, 0.3) is 5.56 Å². The quantitative estimate of drug-likeness (QED) is 0.801. The third-order valence-corrected chi connectivity index (χ3v) is 2.90. The van der Waals surface area contributed by atoms with Crippen molar-refractivity contribution in [3.05, 3.63) is 57.8 Å². The molecule has 21 heavy (non-hydrogen) atoms. The molecule has 0 N–H and O–H groups in total. The van der Waals surface area contributed by atoms with Crippen molar-refractivity contribution >= 4 is 5.78 Å². The van der Waals surface area contributed by atoms with Gasteiger partial charge in [-0.15, -0.1) is 0 Å². The van der Waals surface area contributed by atoms with Crippen LogP contribution in [0.3, 0.4) is 0 Å². The summed E-state index contributed by atoms with van der Waals surface area (Å²) in [4.78, 5) is 27.3. The summed E-state index contributed by atoms with van der Waals surface area (Å²) >= 11 is 0. The van der Waals surface area contributed by atoms with E-state index in [1.165, 1.54) is 32.2 Å². The predicted molar refractivity (Wildman–Crippen MR) is 69.6 cm³/mol. The Bertz CT molecular complexity index is 764. The molecule has 0 bridgehead atoms. The first-order chi connectivity index (χ1) is 9.71. The molecule has 1 aromatic carbocycles. The normalized spacial score (nSPS) is 11.5. The van der Waals surface area contributed by atoms with Crippen molar-refractivity contribution in [3.8, 4) is 5.69 Å². The van der Waals surface area contributed by atoms with Crippen LogP contribution in [0.4, 0.5) is 13.2 Å². The standard InChI is InChI=1S/C14H11F3N2O2/c1-8-7-18-12(9(2)20)13(21)19(8)11-5-3-4-10(6-11)14(15,16)17/h3-7H,1-2H3. The van der Waals surface area contributed by atoms with E-state index in [1.54, 1.807) is 0 Å². The summed E-state index contributed by atoms with van der Waals surface area (Å²) in [6.07, 6.45) is -3.23. The molecule has 0 saturated heterocycles. The van der Waals surface area contributed by atoms with Gasteiger partial charge < -0.3 is 0 Å².